The van der Waals surface area contributed by atoms with Gasteiger partial charge in [-0.2, -0.15) is 0 Å². The van der Waals surface area contributed by atoms with Crippen molar-refractivity contribution in [1.29, 1.82) is 0 Å². The Morgan fingerprint density at radius 3 is 1.29 bits per heavy atom. The molecule has 0 bridgehead atoms. The first-order chi connectivity index (χ1) is 11.7. The van der Waals surface area contributed by atoms with E-state index in [0.29, 0.717) is 0 Å². The molecule has 118 valence electrons. The first-order valence-corrected chi connectivity index (χ1v) is 11.2. The van der Waals surface area contributed by atoms with Gasteiger partial charge in [0.2, 0.25) is 0 Å². The van der Waals surface area contributed by atoms with E-state index in [-0.39, 0.29) is 0 Å². The molecule has 0 aromatic heterocycles. The highest BCUT2D eigenvalue weighted by Gasteiger charge is 2.09. The van der Waals surface area contributed by atoms with Crippen LogP contribution in [0.25, 0.3) is 21.5 Å². The van der Waals surface area contributed by atoms with E-state index < -0.39 is 0 Å². The molecule has 0 aliphatic heterocycles. The number of benzene rings is 4. The quantitative estimate of drug-likeness (QED) is 0.273. The van der Waals surface area contributed by atoms with E-state index in [1.165, 1.54) is 31.3 Å². The molecule has 0 N–H and O–H groups in total. The Bertz CT molecular complexity index is 948. The highest BCUT2D eigenvalue weighted by Crippen LogP contribution is 2.45. The van der Waals surface area contributed by atoms with Crippen molar-refractivity contribution in [3.63, 3.8) is 0 Å². The summed E-state index contributed by atoms with van der Waals surface area (Å²) in [6, 6.07) is 25.6. The maximum absolute atomic E-state index is 3.70. The summed E-state index contributed by atoms with van der Waals surface area (Å²) in [5, 5.41) is 5.07. The molecule has 0 spiro atoms. The predicted octanol–water partition coefficient (Wildman–Crippen LogP) is 8.32. The van der Waals surface area contributed by atoms with Crippen molar-refractivity contribution >= 4 is 75.0 Å². The van der Waals surface area contributed by atoms with Crippen LogP contribution in [0.4, 0.5) is 0 Å². The van der Waals surface area contributed by atoms with Crippen LogP contribution in [0.1, 0.15) is 0 Å². The van der Waals surface area contributed by atoms with Crippen molar-refractivity contribution in [2.24, 2.45) is 0 Å². The molecule has 0 heterocycles. The fourth-order valence-corrected chi connectivity index (χ4v) is 6.65. The van der Waals surface area contributed by atoms with Gasteiger partial charge in [-0.05, 0) is 35.0 Å². The number of hydrogen-bond acceptors (Lipinski definition) is 2. The van der Waals surface area contributed by atoms with Crippen molar-refractivity contribution < 1.29 is 0 Å². The lowest BCUT2D eigenvalue weighted by atomic mass is 10.1. The van der Waals surface area contributed by atoms with E-state index in [9.17, 15) is 0 Å². The minimum absolute atomic E-state index is 1.14. The molecule has 0 radical (unpaired) electrons. The van der Waals surface area contributed by atoms with Crippen molar-refractivity contribution in [3.8, 4) is 0 Å². The summed E-state index contributed by atoms with van der Waals surface area (Å²) in [7, 11) is 3.61. The molecular formula is C20H12Br2S2. The van der Waals surface area contributed by atoms with Gasteiger partial charge in [0, 0.05) is 29.5 Å². The third-order valence-electron chi connectivity index (χ3n) is 3.85. The summed E-state index contributed by atoms with van der Waals surface area (Å²) in [6.07, 6.45) is 0. The molecule has 4 aromatic rings. The average Bonchev–Trinajstić information content (AvgIpc) is 2.60. The minimum atomic E-state index is 1.14. The molecule has 0 aliphatic carbocycles. The topological polar surface area (TPSA) is 0 Å². The zero-order valence-corrected chi connectivity index (χ0v) is 17.3. The molecule has 0 unspecified atom stereocenters. The van der Waals surface area contributed by atoms with Crippen LogP contribution in [0.2, 0.25) is 0 Å². The van der Waals surface area contributed by atoms with Crippen LogP contribution in [-0.2, 0) is 0 Å². The van der Waals surface area contributed by atoms with Gasteiger partial charge in [0.1, 0.15) is 0 Å². The van der Waals surface area contributed by atoms with Crippen LogP contribution in [0.15, 0.2) is 91.5 Å². The van der Waals surface area contributed by atoms with Gasteiger partial charge >= 0.3 is 0 Å². The number of rotatable bonds is 3. The first-order valence-electron chi connectivity index (χ1n) is 7.43. The Morgan fingerprint density at radius 1 is 0.500 bits per heavy atom. The Kier molecular flexibility index (Phi) is 4.90. The lowest BCUT2D eigenvalue weighted by molar-refractivity contribution is 1.53. The molecule has 0 atom stereocenters. The Morgan fingerprint density at radius 2 is 0.875 bits per heavy atom. The second kappa shape index (κ2) is 7.12. The number of halogens is 2. The zero-order valence-electron chi connectivity index (χ0n) is 12.5. The van der Waals surface area contributed by atoms with Crippen LogP contribution < -0.4 is 0 Å². The summed E-state index contributed by atoms with van der Waals surface area (Å²) in [5.41, 5.74) is 0. The van der Waals surface area contributed by atoms with E-state index in [0.717, 1.165) is 8.95 Å². The second-order valence-electron chi connectivity index (χ2n) is 5.35. The minimum Gasteiger partial charge on any atom is -0.0605 e. The summed E-state index contributed by atoms with van der Waals surface area (Å²) < 4.78 is 2.28. The molecule has 0 amide bonds. The van der Waals surface area contributed by atoms with E-state index in [1.807, 2.05) is 0 Å². The van der Waals surface area contributed by atoms with Gasteiger partial charge in [-0.3, -0.25) is 0 Å². The van der Waals surface area contributed by atoms with E-state index in [4.69, 9.17) is 0 Å². The van der Waals surface area contributed by atoms with Crippen LogP contribution >= 0.6 is 53.4 Å². The molecule has 4 rings (SSSR count). The summed E-state index contributed by atoms with van der Waals surface area (Å²) in [4.78, 5) is 2.54. The average molecular weight is 476 g/mol. The molecule has 0 aliphatic rings. The van der Waals surface area contributed by atoms with Crippen molar-refractivity contribution in [2.75, 3.05) is 0 Å². The van der Waals surface area contributed by atoms with Gasteiger partial charge in [-0.15, -0.1) is 0 Å². The predicted molar refractivity (Wildman–Crippen MR) is 115 cm³/mol. The lowest BCUT2D eigenvalue weighted by Crippen LogP contribution is -1.80. The zero-order chi connectivity index (χ0) is 16.5. The normalized spacial score (nSPS) is 11.2. The molecular weight excluding hydrogens is 464 g/mol. The molecule has 0 saturated heterocycles. The van der Waals surface area contributed by atoms with Gasteiger partial charge in [0.15, 0.2) is 0 Å². The maximum atomic E-state index is 3.70. The third kappa shape index (κ3) is 3.13. The first kappa shape index (κ1) is 16.5. The molecule has 0 saturated carbocycles. The van der Waals surface area contributed by atoms with Gasteiger partial charge in [0.05, 0.1) is 0 Å². The van der Waals surface area contributed by atoms with Crippen molar-refractivity contribution in [1.82, 2.24) is 0 Å². The fourth-order valence-electron chi connectivity index (χ4n) is 2.75. The molecule has 4 aromatic carbocycles. The smallest absolute Gasteiger partial charge is 0.0276 e. The van der Waals surface area contributed by atoms with Crippen molar-refractivity contribution in [3.05, 3.63) is 81.7 Å². The maximum Gasteiger partial charge on any atom is 0.0276 e. The monoisotopic (exact) mass is 474 g/mol. The third-order valence-corrected chi connectivity index (χ3v) is 7.62. The lowest BCUT2D eigenvalue weighted by Gasteiger charge is -2.10. The fraction of sp³-hybridized carbons (Fsp3) is 0. The van der Waals surface area contributed by atoms with Gasteiger partial charge in [-0.1, -0.05) is 102 Å². The Balaban J connectivity index is 1.74. The molecule has 0 nitrogen and oxygen atoms in total. The molecule has 0 fully saturated rings. The van der Waals surface area contributed by atoms with E-state index in [1.54, 1.807) is 21.6 Å². The molecule has 24 heavy (non-hydrogen) atoms. The largest absolute Gasteiger partial charge is 0.0605 e. The van der Waals surface area contributed by atoms with E-state index >= 15 is 0 Å². The van der Waals surface area contributed by atoms with Gasteiger partial charge in [-0.25, -0.2) is 0 Å². The Labute approximate surface area is 165 Å². The van der Waals surface area contributed by atoms with E-state index in [2.05, 4.69) is 105 Å². The van der Waals surface area contributed by atoms with Crippen LogP contribution in [0.5, 0.6) is 0 Å². The standard InChI is InChI=1S/C20H12Br2S2/c21-15-9-1-5-13-7-3-11-17(19(13)15)23-24-18-12-4-8-14-6-2-10-16(22)20(14)18/h1-12H. The number of hydrogen-bond donors (Lipinski definition) is 0. The van der Waals surface area contributed by atoms with Gasteiger partial charge in [0.25, 0.3) is 0 Å². The summed E-state index contributed by atoms with van der Waals surface area (Å²) in [5.74, 6) is 0. The van der Waals surface area contributed by atoms with Crippen LogP contribution in [-0.4, -0.2) is 0 Å². The number of fused-ring (bicyclic) bond motifs is 2. The highest BCUT2D eigenvalue weighted by atomic mass is 79.9. The van der Waals surface area contributed by atoms with Crippen LogP contribution in [0, 0.1) is 0 Å². The van der Waals surface area contributed by atoms with Crippen molar-refractivity contribution in [2.45, 2.75) is 9.79 Å². The summed E-state index contributed by atoms with van der Waals surface area (Å²) >= 11 is 7.39. The highest BCUT2D eigenvalue weighted by molar-refractivity contribution is 9.11. The Hall–Kier alpha value is -0.940. The second-order valence-corrected chi connectivity index (χ2v) is 9.28. The SMILES string of the molecule is Brc1cccc2cccc(SSc3cccc4cccc(Br)c34)c12. The molecule has 4 heteroatoms. The van der Waals surface area contributed by atoms with Gasteiger partial charge < -0.3 is 0 Å². The van der Waals surface area contributed by atoms with Crippen LogP contribution in [0.3, 0.4) is 0 Å². The summed E-state index contributed by atoms with van der Waals surface area (Å²) in [6.45, 7) is 0.